The van der Waals surface area contributed by atoms with Crippen LogP contribution in [-0.4, -0.2) is 23.7 Å². The molecule has 112 valence electrons. The molecule has 2 aromatic rings. The van der Waals surface area contributed by atoms with Crippen LogP contribution in [0.4, 0.5) is 9.93 Å². The summed E-state index contributed by atoms with van der Waals surface area (Å²) in [7, 11) is 0. The van der Waals surface area contributed by atoms with Crippen LogP contribution < -0.4 is 4.90 Å². The van der Waals surface area contributed by atoms with Crippen molar-refractivity contribution in [2.75, 3.05) is 11.5 Å². The fourth-order valence-electron chi connectivity index (χ4n) is 2.46. The minimum absolute atomic E-state index is 0.0671. The number of nitrogens with zero attached hydrogens (tertiary/aromatic N) is 3. The monoisotopic (exact) mass is 313 g/mol. The number of rotatable bonds is 4. The van der Waals surface area contributed by atoms with Gasteiger partial charge < -0.3 is 4.74 Å². The molecule has 0 aliphatic carbocycles. The first-order chi connectivity index (χ1) is 10.7. The lowest BCUT2D eigenvalue weighted by Crippen LogP contribution is -2.33. The van der Waals surface area contributed by atoms with Crippen LogP contribution in [0.25, 0.3) is 11.3 Å². The number of thiazole rings is 1. The van der Waals surface area contributed by atoms with Crippen molar-refractivity contribution in [2.45, 2.75) is 25.8 Å². The van der Waals surface area contributed by atoms with Crippen LogP contribution in [0, 0.1) is 11.3 Å². The Morgan fingerprint density at radius 1 is 1.45 bits per heavy atom. The number of cyclic esters (lactones) is 1. The van der Waals surface area contributed by atoms with E-state index in [2.05, 4.69) is 18.0 Å². The lowest BCUT2D eigenvalue weighted by molar-refractivity contribution is 0.178. The lowest BCUT2D eigenvalue weighted by Gasteiger charge is -2.17. The van der Waals surface area contributed by atoms with E-state index in [-0.39, 0.29) is 12.1 Å². The molecule has 0 spiro atoms. The molecule has 1 aromatic carbocycles. The summed E-state index contributed by atoms with van der Waals surface area (Å²) in [5.74, 6) is 0. The summed E-state index contributed by atoms with van der Waals surface area (Å²) < 4.78 is 5.15. The van der Waals surface area contributed by atoms with Gasteiger partial charge in [0.25, 0.3) is 0 Å². The third-order valence-corrected chi connectivity index (χ3v) is 4.43. The molecule has 0 saturated carbocycles. The molecular weight excluding hydrogens is 298 g/mol. The molecule has 1 fully saturated rings. The zero-order valence-corrected chi connectivity index (χ0v) is 13.0. The van der Waals surface area contributed by atoms with E-state index in [4.69, 9.17) is 10.00 Å². The predicted octanol–water partition coefficient (Wildman–Crippen LogP) is 3.81. The van der Waals surface area contributed by atoms with Crippen molar-refractivity contribution in [3.63, 3.8) is 0 Å². The molecule has 0 bridgehead atoms. The Hall–Kier alpha value is -2.39. The van der Waals surface area contributed by atoms with E-state index >= 15 is 0 Å². The van der Waals surface area contributed by atoms with E-state index in [1.807, 2.05) is 17.5 Å². The Bertz CT molecular complexity index is 718. The number of nitriles is 1. The molecule has 6 heteroatoms. The highest BCUT2D eigenvalue weighted by Gasteiger charge is 2.35. The van der Waals surface area contributed by atoms with Crippen LogP contribution in [-0.2, 0) is 4.74 Å². The van der Waals surface area contributed by atoms with Crippen LogP contribution >= 0.6 is 11.3 Å². The summed E-state index contributed by atoms with van der Waals surface area (Å²) in [5, 5.41) is 11.4. The van der Waals surface area contributed by atoms with E-state index in [0.29, 0.717) is 17.3 Å². The van der Waals surface area contributed by atoms with Crippen molar-refractivity contribution < 1.29 is 9.53 Å². The van der Waals surface area contributed by atoms with Crippen molar-refractivity contribution in [1.82, 2.24) is 4.98 Å². The highest BCUT2D eigenvalue weighted by molar-refractivity contribution is 7.14. The molecule has 0 N–H and O–H groups in total. The molecule has 0 unspecified atom stereocenters. The van der Waals surface area contributed by atoms with Crippen molar-refractivity contribution in [3.05, 3.63) is 35.2 Å². The van der Waals surface area contributed by atoms with Gasteiger partial charge in [0.15, 0.2) is 5.13 Å². The van der Waals surface area contributed by atoms with Gasteiger partial charge in [-0.15, -0.1) is 11.3 Å². The molecule has 3 rings (SSSR count). The summed E-state index contributed by atoms with van der Waals surface area (Å²) >= 11 is 1.43. The molecule has 1 aliphatic heterocycles. The average Bonchev–Trinajstić information content (AvgIpc) is 3.15. The van der Waals surface area contributed by atoms with Gasteiger partial charge in [-0.3, -0.25) is 0 Å². The standard InChI is InChI=1S/C16H15N3O2S/c1-2-3-13-9-21-16(20)19(13)15-18-14(10-22-15)12-6-4-11(8-17)5-7-12/h4-7,10,13H,2-3,9H2,1H3/t13-/m1/s1. The Labute approximate surface area is 132 Å². The van der Waals surface area contributed by atoms with Crippen molar-refractivity contribution in [2.24, 2.45) is 0 Å². The summed E-state index contributed by atoms with van der Waals surface area (Å²) in [4.78, 5) is 18.1. The van der Waals surface area contributed by atoms with Gasteiger partial charge in [-0.2, -0.15) is 5.26 Å². The van der Waals surface area contributed by atoms with Crippen LogP contribution in [0.3, 0.4) is 0 Å². The molecule has 1 amide bonds. The van der Waals surface area contributed by atoms with Gasteiger partial charge in [-0.1, -0.05) is 25.5 Å². The average molecular weight is 313 g/mol. The smallest absolute Gasteiger partial charge is 0.416 e. The molecule has 1 aromatic heterocycles. The first-order valence-electron chi connectivity index (χ1n) is 7.15. The van der Waals surface area contributed by atoms with Crippen LogP contribution in [0.1, 0.15) is 25.3 Å². The highest BCUT2D eigenvalue weighted by Crippen LogP contribution is 2.32. The number of aromatic nitrogens is 1. The number of ether oxygens (including phenoxy) is 1. The number of hydrogen-bond acceptors (Lipinski definition) is 5. The maximum atomic E-state index is 11.9. The van der Waals surface area contributed by atoms with Crippen LogP contribution in [0.2, 0.25) is 0 Å². The first-order valence-corrected chi connectivity index (χ1v) is 8.03. The van der Waals surface area contributed by atoms with E-state index in [1.165, 1.54) is 11.3 Å². The number of hydrogen-bond donors (Lipinski definition) is 0. The van der Waals surface area contributed by atoms with E-state index < -0.39 is 0 Å². The van der Waals surface area contributed by atoms with Gasteiger partial charge in [0.1, 0.15) is 6.61 Å². The number of anilines is 1. The predicted molar refractivity (Wildman–Crippen MR) is 84.8 cm³/mol. The molecule has 2 heterocycles. The Kier molecular flexibility index (Phi) is 4.07. The normalized spacial score (nSPS) is 17.4. The first kappa shape index (κ1) is 14.5. The van der Waals surface area contributed by atoms with Gasteiger partial charge in [-0.05, 0) is 18.6 Å². The molecule has 0 radical (unpaired) electrons. The maximum Gasteiger partial charge on any atom is 0.416 e. The second-order valence-corrected chi connectivity index (χ2v) is 5.93. The van der Waals surface area contributed by atoms with E-state index in [1.54, 1.807) is 17.0 Å². The minimum Gasteiger partial charge on any atom is -0.447 e. The second-order valence-electron chi connectivity index (χ2n) is 5.09. The number of amides is 1. The summed E-state index contributed by atoms with van der Waals surface area (Å²) in [6.45, 7) is 2.52. The number of benzene rings is 1. The number of carbonyl (C=O) groups is 1. The molecule has 5 nitrogen and oxygen atoms in total. The van der Waals surface area contributed by atoms with Gasteiger partial charge in [0.2, 0.25) is 0 Å². The molecule has 1 aliphatic rings. The molecule has 1 saturated heterocycles. The van der Waals surface area contributed by atoms with Gasteiger partial charge in [0.05, 0.1) is 23.4 Å². The lowest BCUT2D eigenvalue weighted by atomic mass is 10.1. The van der Waals surface area contributed by atoms with Crippen molar-refractivity contribution >= 4 is 22.6 Å². The fraction of sp³-hybridized carbons (Fsp3) is 0.312. The zero-order valence-electron chi connectivity index (χ0n) is 12.2. The van der Waals surface area contributed by atoms with E-state index in [0.717, 1.165) is 24.1 Å². The summed E-state index contributed by atoms with van der Waals surface area (Å²) in [6, 6.07) is 9.41. The van der Waals surface area contributed by atoms with Gasteiger partial charge in [0, 0.05) is 10.9 Å². The fourth-order valence-corrected chi connectivity index (χ4v) is 3.36. The Balaban J connectivity index is 1.86. The molecular formula is C16H15N3O2S. The largest absolute Gasteiger partial charge is 0.447 e. The third-order valence-electron chi connectivity index (χ3n) is 3.59. The van der Waals surface area contributed by atoms with Gasteiger partial charge >= 0.3 is 6.09 Å². The van der Waals surface area contributed by atoms with Crippen LogP contribution in [0.15, 0.2) is 29.6 Å². The quantitative estimate of drug-likeness (QED) is 0.861. The van der Waals surface area contributed by atoms with Gasteiger partial charge in [-0.25, -0.2) is 14.7 Å². The Morgan fingerprint density at radius 3 is 2.91 bits per heavy atom. The molecule has 22 heavy (non-hydrogen) atoms. The van der Waals surface area contributed by atoms with E-state index in [9.17, 15) is 4.79 Å². The van der Waals surface area contributed by atoms with Crippen molar-refractivity contribution in [3.8, 4) is 17.3 Å². The highest BCUT2D eigenvalue weighted by atomic mass is 32.1. The Morgan fingerprint density at radius 2 is 2.23 bits per heavy atom. The van der Waals surface area contributed by atoms with Crippen molar-refractivity contribution in [1.29, 1.82) is 5.26 Å². The minimum atomic E-state index is -0.320. The molecule has 1 atom stereocenters. The summed E-state index contributed by atoms with van der Waals surface area (Å²) in [5.41, 5.74) is 2.35. The topological polar surface area (TPSA) is 66.2 Å². The zero-order chi connectivity index (χ0) is 15.5. The maximum absolute atomic E-state index is 11.9. The van der Waals surface area contributed by atoms with Crippen LogP contribution in [0.5, 0.6) is 0 Å². The summed E-state index contributed by atoms with van der Waals surface area (Å²) in [6.07, 6.45) is 1.57. The second kappa shape index (κ2) is 6.16. The number of carbonyl (C=O) groups excluding carboxylic acids is 1. The third kappa shape index (κ3) is 2.68. The SMILES string of the molecule is CCC[C@@H]1COC(=O)N1c1nc(-c2ccc(C#N)cc2)cs1.